The van der Waals surface area contributed by atoms with E-state index in [2.05, 4.69) is 11.2 Å². The van der Waals surface area contributed by atoms with Gasteiger partial charge in [-0.05, 0) is 31.8 Å². The molecule has 0 aromatic heterocycles. The molecule has 0 saturated carbocycles. The lowest BCUT2D eigenvalue weighted by atomic mass is 10.1. The summed E-state index contributed by atoms with van der Waals surface area (Å²) >= 11 is 0. The van der Waals surface area contributed by atoms with Crippen LogP contribution in [0.4, 0.5) is 0 Å². The molecule has 2 heteroatoms. The molecule has 2 nitrogen and oxygen atoms in total. The molecule has 1 aliphatic rings. The first kappa shape index (κ1) is 6.33. The molecule has 1 N–H and O–H groups in total. The quantitative estimate of drug-likeness (QED) is 0.324. The average Bonchev–Trinajstić information content (AvgIpc) is 2.37. The zero-order chi connectivity index (χ0) is 6.69. The number of hydrogen-bond donors (Lipinski definition) is 1. The van der Waals surface area contributed by atoms with E-state index in [0.717, 1.165) is 18.6 Å². The number of rotatable bonds is 1. The van der Waals surface area contributed by atoms with Crippen molar-refractivity contribution in [2.45, 2.75) is 26.2 Å². The standard InChI is InChI=1S/C7H11NO/c1-6(8-9)7-4-2-3-5-7/h4,9H,2-3,5H2,1H3. The van der Waals surface area contributed by atoms with Crippen LogP contribution in [0.25, 0.3) is 0 Å². The van der Waals surface area contributed by atoms with Gasteiger partial charge < -0.3 is 5.21 Å². The molecule has 0 atom stereocenters. The Kier molecular flexibility index (Phi) is 1.88. The number of nitrogens with zero attached hydrogens (tertiary/aromatic N) is 1. The van der Waals surface area contributed by atoms with E-state index in [1.165, 1.54) is 12.0 Å². The lowest BCUT2D eigenvalue weighted by Crippen LogP contribution is -1.92. The Morgan fingerprint density at radius 2 is 2.56 bits per heavy atom. The summed E-state index contributed by atoms with van der Waals surface area (Å²) in [6, 6.07) is 0. The summed E-state index contributed by atoms with van der Waals surface area (Å²) in [7, 11) is 0. The van der Waals surface area contributed by atoms with Gasteiger partial charge in [0.1, 0.15) is 0 Å². The molecule has 9 heavy (non-hydrogen) atoms. The highest BCUT2D eigenvalue weighted by molar-refractivity contribution is 5.98. The van der Waals surface area contributed by atoms with Gasteiger partial charge in [-0.2, -0.15) is 0 Å². The summed E-state index contributed by atoms with van der Waals surface area (Å²) in [6.07, 6.45) is 5.56. The van der Waals surface area contributed by atoms with Gasteiger partial charge in [0.25, 0.3) is 0 Å². The predicted molar refractivity (Wildman–Crippen MR) is 36.8 cm³/mol. The molecule has 1 aliphatic carbocycles. The summed E-state index contributed by atoms with van der Waals surface area (Å²) in [5, 5.41) is 11.5. The Bertz CT molecular complexity index is 158. The Morgan fingerprint density at radius 3 is 3.00 bits per heavy atom. The first-order chi connectivity index (χ1) is 4.34. The summed E-state index contributed by atoms with van der Waals surface area (Å²) in [4.78, 5) is 0. The van der Waals surface area contributed by atoms with Gasteiger partial charge in [-0.15, -0.1) is 0 Å². The normalized spacial score (nSPS) is 20.1. The Morgan fingerprint density at radius 1 is 1.78 bits per heavy atom. The van der Waals surface area contributed by atoms with Crippen molar-refractivity contribution in [1.82, 2.24) is 0 Å². The Labute approximate surface area is 54.9 Å². The van der Waals surface area contributed by atoms with Crippen molar-refractivity contribution in [3.63, 3.8) is 0 Å². The summed E-state index contributed by atoms with van der Waals surface area (Å²) in [5.74, 6) is 0. The van der Waals surface area contributed by atoms with Crippen LogP contribution in [0.2, 0.25) is 0 Å². The maximum Gasteiger partial charge on any atom is 0.0793 e. The van der Waals surface area contributed by atoms with Crippen LogP contribution in [0, 0.1) is 0 Å². The van der Waals surface area contributed by atoms with E-state index in [4.69, 9.17) is 5.21 Å². The van der Waals surface area contributed by atoms with Crippen molar-refractivity contribution >= 4 is 5.71 Å². The molecule has 0 bridgehead atoms. The second kappa shape index (κ2) is 2.67. The first-order valence-corrected chi connectivity index (χ1v) is 3.22. The topological polar surface area (TPSA) is 32.6 Å². The summed E-state index contributed by atoms with van der Waals surface area (Å²) < 4.78 is 0. The Balaban J connectivity index is 2.61. The van der Waals surface area contributed by atoms with E-state index in [1.54, 1.807) is 0 Å². The van der Waals surface area contributed by atoms with Gasteiger partial charge in [-0.3, -0.25) is 0 Å². The predicted octanol–water partition coefficient (Wildman–Crippen LogP) is 1.95. The molecule has 0 aliphatic heterocycles. The maximum atomic E-state index is 8.34. The van der Waals surface area contributed by atoms with Crippen molar-refractivity contribution in [2.24, 2.45) is 5.16 Å². The van der Waals surface area contributed by atoms with E-state index in [0.29, 0.717) is 0 Å². The zero-order valence-corrected chi connectivity index (χ0v) is 5.59. The molecule has 0 heterocycles. The highest BCUT2D eigenvalue weighted by Crippen LogP contribution is 2.18. The van der Waals surface area contributed by atoms with Crippen LogP contribution >= 0.6 is 0 Å². The van der Waals surface area contributed by atoms with Gasteiger partial charge in [0.2, 0.25) is 0 Å². The molecule has 0 fully saturated rings. The van der Waals surface area contributed by atoms with Gasteiger partial charge in [0.15, 0.2) is 0 Å². The fourth-order valence-electron chi connectivity index (χ4n) is 1.06. The second-order valence-electron chi connectivity index (χ2n) is 2.31. The van der Waals surface area contributed by atoms with Gasteiger partial charge >= 0.3 is 0 Å². The fourth-order valence-corrected chi connectivity index (χ4v) is 1.06. The SMILES string of the molecule is CC(=NO)C1=CCCC1. The van der Waals surface area contributed by atoms with Crippen LogP contribution < -0.4 is 0 Å². The van der Waals surface area contributed by atoms with Crippen molar-refractivity contribution < 1.29 is 5.21 Å². The van der Waals surface area contributed by atoms with Crippen molar-refractivity contribution in [2.75, 3.05) is 0 Å². The van der Waals surface area contributed by atoms with E-state index in [1.807, 2.05) is 6.92 Å². The van der Waals surface area contributed by atoms with Crippen molar-refractivity contribution in [1.29, 1.82) is 0 Å². The molecule has 0 radical (unpaired) electrons. The fraction of sp³-hybridized carbons (Fsp3) is 0.571. The molecule has 0 aromatic rings. The molecular weight excluding hydrogens is 114 g/mol. The van der Waals surface area contributed by atoms with Crippen LogP contribution in [0.1, 0.15) is 26.2 Å². The van der Waals surface area contributed by atoms with E-state index >= 15 is 0 Å². The van der Waals surface area contributed by atoms with Crippen molar-refractivity contribution in [3.05, 3.63) is 11.6 Å². The van der Waals surface area contributed by atoms with Crippen LogP contribution in [0.5, 0.6) is 0 Å². The van der Waals surface area contributed by atoms with Gasteiger partial charge in [0, 0.05) is 0 Å². The first-order valence-electron chi connectivity index (χ1n) is 3.22. The number of hydrogen-bond acceptors (Lipinski definition) is 2. The van der Waals surface area contributed by atoms with Crippen LogP contribution in [-0.4, -0.2) is 10.9 Å². The molecule has 0 spiro atoms. The number of allylic oxidation sites excluding steroid dienone is 2. The molecule has 0 unspecified atom stereocenters. The monoisotopic (exact) mass is 125 g/mol. The third-order valence-corrected chi connectivity index (χ3v) is 1.66. The average molecular weight is 125 g/mol. The second-order valence-corrected chi connectivity index (χ2v) is 2.31. The van der Waals surface area contributed by atoms with E-state index < -0.39 is 0 Å². The minimum absolute atomic E-state index is 0.771. The third kappa shape index (κ3) is 1.31. The minimum atomic E-state index is 0.771. The molecule has 0 amide bonds. The molecule has 1 rings (SSSR count). The van der Waals surface area contributed by atoms with Crippen LogP contribution in [-0.2, 0) is 0 Å². The minimum Gasteiger partial charge on any atom is -0.411 e. The van der Waals surface area contributed by atoms with Gasteiger partial charge in [-0.25, -0.2) is 0 Å². The highest BCUT2D eigenvalue weighted by atomic mass is 16.4. The Hall–Kier alpha value is -0.790. The molecular formula is C7H11NO. The van der Waals surface area contributed by atoms with E-state index in [9.17, 15) is 0 Å². The lowest BCUT2D eigenvalue weighted by molar-refractivity contribution is 0.319. The summed E-state index contributed by atoms with van der Waals surface area (Å²) in [5.41, 5.74) is 1.98. The van der Waals surface area contributed by atoms with Gasteiger partial charge in [0.05, 0.1) is 5.71 Å². The largest absolute Gasteiger partial charge is 0.411 e. The molecule has 0 saturated heterocycles. The lowest BCUT2D eigenvalue weighted by Gasteiger charge is -1.94. The molecule has 0 aromatic carbocycles. The third-order valence-electron chi connectivity index (χ3n) is 1.66. The van der Waals surface area contributed by atoms with Gasteiger partial charge in [-0.1, -0.05) is 11.2 Å². The maximum absolute atomic E-state index is 8.34. The number of oxime groups is 1. The summed E-state index contributed by atoms with van der Waals surface area (Å²) in [6.45, 7) is 1.83. The highest BCUT2D eigenvalue weighted by Gasteiger charge is 2.06. The van der Waals surface area contributed by atoms with Crippen LogP contribution in [0.3, 0.4) is 0 Å². The smallest absolute Gasteiger partial charge is 0.0793 e. The zero-order valence-electron chi connectivity index (χ0n) is 5.59. The van der Waals surface area contributed by atoms with Crippen molar-refractivity contribution in [3.8, 4) is 0 Å². The molecule has 50 valence electrons. The van der Waals surface area contributed by atoms with E-state index in [-0.39, 0.29) is 0 Å². The van der Waals surface area contributed by atoms with Crippen LogP contribution in [0.15, 0.2) is 16.8 Å².